The zero-order valence-electron chi connectivity index (χ0n) is 77.5. The largest absolute Gasteiger partial charge is 0.472 e. The Morgan fingerprint density at radius 2 is 0.431 bits per heavy atom. The summed E-state index contributed by atoms with van der Waals surface area (Å²) >= 11 is 0. The third-order valence-electron chi connectivity index (χ3n) is 20.3. The summed E-state index contributed by atoms with van der Waals surface area (Å²) in [5, 5.41) is 20.8. The molecular weight excluding hydrogens is 1580 g/mol. The number of carbonyl (C=O) groups excluding carboxylic acids is 3. The van der Waals surface area contributed by atoms with Crippen LogP contribution in [-0.2, 0) is 55.8 Å². The van der Waals surface area contributed by atoms with E-state index in [0.717, 1.165) is 193 Å². The second-order valence-corrected chi connectivity index (χ2v) is 35.0. The van der Waals surface area contributed by atoms with E-state index in [1.807, 2.05) is 0 Å². The lowest BCUT2D eigenvalue weighted by Crippen LogP contribution is -2.30. The van der Waals surface area contributed by atoms with Crippen molar-refractivity contribution in [2.75, 3.05) is 39.6 Å². The van der Waals surface area contributed by atoms with E-state index in [9.17, 15) is 43.5 Å². The van der Waals surface area contributed by atoms with Gasteiger partial charge in [-0.25, -0.2) is 9.13 Å². The molecule has 0 heterocycles. The van der Waals surface area contributed by atoms with Crippen LogP contribution in [0.15, 0.2) is 194 Å². The first-order chi connectivity index (χ1) is 60.2. The maximum Gasteiger partial charge on any atom is 0.472 e. The molecule has 5 atom stereocenters. The van der Waals surface area contributed by atoms with Crippen molar-refractivity contribution in [3.05, 3.63) is 194 Å². The molecule has 0 amide bonds. The van der Waals surface area contributed by atoms with E-state index >= 15 is 0 Å². The molecule has 0 aliphatic rings. The van der Waals surface area contributed by atoms with Crippen LogP contribution in [-0.4, -0.2) is 95.9 Å². The van der Waals surface area contributed by atoms with E-state index in [1.54, 1.807) is 0 Å². The lowest BCUT2D eigenvalue weighted by molar-refractivity contribution is -0.161. The topological polar surface area (TPSA) is 231 Å². The predicted octanol–water partition coefficient (Wildman–Crippen LogP) is 30.6. The highest BCUT2D eigenvalue weighted by Crippen LogP contribution is 2.45. The smallest absolute Gasteiger partial charge is 0.463 e. The molecule has 0 aliphatic carbocycles. The average molecular weight is 1760 g/mol. The van der Waals surface area contributed by atoms with Crippen LogP contribution < -0.4 is 0 Å². The molecule has 0 fully saturated rings. The first kappa shape index (κ1) is 117. The maximum absolute atomic E-state index is 13.1. The van der Waals surface area contributed by atoms with Crippen LogP contribution in [0, 0.1) is 0 Å². The summed E-state index contributed by atoms with van der Waals surface area (Å²) in [4.78, 5) is 59.1. The second kappa shape index (κ2) is 95.5. The zero-order valence-corrected chi connectivity index (χ0v) is 79.3. The number of ether oxygens (including phenoxy) is 3. The Morgan fingerprint density at radius 1 is 0.236 bits per heavy atom. The SMILES string of the molecule is CC/C=C\C/C=C\C/C=C\C/C=C\C/C=C\C/C=C\CCCCCCCCCCCCCCCCCCC(=O)OCC(O)COP(=O)(O)OCC(O)COP(=O)(O)OCC(COC(=O)CCCCCCCCCCCC/C=C\C/C=C\C/C=C\C/C=C\C/C=C\C/C=C\CC)OC(=O)CCCCCCCCC/C=C\C/C=C\C/C=C\C/C=C\CCCCC. The average Bonchev–Trinajstić information content (AvgIpc) is 0.890. The normalized spacial score (nSPS) is 14.6. The number of unbranched alkanes of at least 4 members (excludes halogenated alkanes) is 36. The van der Waals surface area contributed by atoms with Crippen LogP contribution in [0.2, 0.25) is 0 Å². The van der Waals surface area contributed by atoms with E-state index in [0.29, 0.717) is 19.3 Å². The number of hydrogen-bond donors (Lipinski definition) is 4. The number of carbonyl (C=O) groups is 3. The number of aliphatic hydroxyl groups is 2. The van der Waals surface area contributed by atoms with Gasteiger partial charge < -0.3 is 34.2 Å². The molecule has 0 aromatic heterocycles. The van der Waals surface area contributed by atoms with Crippen molar-refractivity contribution in [3.63, 3.8) is 0 Å². The molecule has 0 aromatic rings. The summed E-state index contributed by atoms with van der Waals surface area (Å²) in [6.45, 7) is 2.45. The molecule has 4 N–H and O–H groups in total. The minimum atomic E-state index is -4.95. The number of aliphatic hydroxyl groups excluding tert-OH is 2. The van der Waals surface area contributed by atoms with Crippen molar-refractivity contribution in [3.8, 4) is 0 Å². The number of phosphoric acid groups is 2. The Hall–Kier alpha value is -5.61. The molecule has 0 radical (unpaired) electrons. The zero-order chi connectivity index (χ0) is 89.3. The minimum Gasteiger partial charge on any atom is -0.463 e. The van der Waals surface area contributed by atoms with Gasteiger partial charge in [0, 0.05) is 19.3 Å². The van der Waals surface area contributed by atoms with Crippen LogP contribution >= 0.6 is 15.6 Å². The standard InChI is InChI=1S/C105H176O16P2/c1-4-7-10-13-16-19-22-25-28-31-34-37-40-42-44-46-47-48-49-50-51-53-55-56-59-61-64-67-70-73-76-79-82-85-88-91-103(108)115-94-100(106)95-117-122(111,112)118-96-101(107)97-119-123(113,114)120-99-102(121-105(110)93-90-87-84-81-78-75-72-69-66-63-58-39-36-33-30-27-24-21-18-15-12-9-6-3)98-116-104(109)92-89-86-83-80-77-74-71-68-65-62-60-57-54-52-45-43-41-38-35-32-29-26-23-20-17-14-11-8-5-2/h7-8,10-11,16-21,25-30,34-39,42-45,47-48,54,57,63,66,100-102,106-107H,4-6,9,12-15,22-24,31-33,40-41,46,49-53,55-56,58-62,64-65,67-99H2,1-3H3,(H,111,112)(H,113,114)/b10-7-,11-8-,19-16-,20-17-,21-18-,28-25-,29-26-,30-27-,37-34-,38-35-,39-36-,44-42-,45-43-,48-47-,57-54-,66-63-. The van der Waals surface area contributed by atoms with Gasteiger partial charge in [0.2, 0.25) is 0 Å². The molecule has 0 aromatic carbocycles. The molecule has 0 rings (SSSR count). The molecule has 0 saturated carbocycles. The Balaban J connectivity index is 4.59. The number of phosphoric ester groups is 2. The maximum atomic E-state index is 13.1. The van der Waals surface area contributed by atoms with Gasteiger partial charge in [-0.2, -0.15) is 0 Å². The number of rotatable bonds is 91. The molecule has 0 saturated heterocycles. The molecular formula is C105H176O16P2. The summed E-state index contributed by atoms with van der Waals surface area (Å²) < 4.78 is 61.6. The Bertz CT molecular complexity index is 3020. The molecule has 18 heteroatoms. The third-order valence-corrected chi connectivity index (χ3v) is 22.2. The third kappa shape index (κ3) is 96.9. The van der Waals surface area contributed by atoms with E-state index in [2.05, 4.69) is 215 Å². The highest BCUT2D eigenvalue weighted by Gasteiger charge is 2.30. The minimum absolute atomic E-state index is 0.0861. The Labute approximate surface area is 750 Å². The van der Waals surface area contributed by atoms with Gasteiger partial charge in [-0.3, -0.25) is 32.5 Å². The molecule has 0 bridgehead atoms. The summed E-state index contributed by atoms with van der Waals surface area (Å²) in [5.74, 6) is -1.59. The van der Waals surface area contributed by atoms with Crippen LogP contribution in [0.5, 0.6) is 0 Å². The highest BCUT2D eigenvalue weighted by molar-refractivity contribution is 7.47. The summed E-state index contributed by atoms with van der Waals surface area (Å²) in [5.41, 5.74) is 0. The van der Waals surface area contributed by atoms with Crippen molar-refractivity contribution in [1.82, 2.24) is 0 Å². The van der Waals surface area contributed by atoms with Crippen molar-refractivity contribution >= 4 is 33.6 Å². The lowest BCUT2D eigenvalue weighted by atomic mass is 10.0. The van der Waals surface area contributed by atoms with Crippen molar-refractivity contribution < 1.29 is 75.8 Å². The lowest BCUT2D eigenvalue weighted by Gasteiger charge is -2.21. The quantitative estimate of drug-likeness (QED) is 0.0146. The van der Waals surface area contributed by atoms with Crippen LogP contribution in [0.1, 0.15) is 393 Å². The van der Waals surface area contributed by atoms with E-state index < -0.39 is 91.5 Å². The molecule has 123 heavy (non-hydrogen) atoms. The summed E-state index contributed by atoms with van der Waals surface area (Å²) in [6, 6.07) is 0. The van der Waals surface area contributed by atoms with Gasteiger partial charge in [0.15, 0.2) is 6.10 Å². The second-order valence-electron chi connectivity index (χ2n) is 32.1. The van der Waals surface area contributed by atoms with Crippen molar-refractivity contribution in [2.24, 2.45) is 0 Å². The fraction of sp³-hybridized carbons (Fsp3) is 0.667. The van der Waals surface area contributed by atoms with Crippen LogP contribution in [0.3, 0.4) is 0 Å². The van der Waals surface area contributed by atoms with Gasteiger partial charge in [-0.05, 0) is 167 Å². The first-order valence-electron chi connectivity index (χ1n) is 48.7. The highest BCUT2D eigenvalue weighted by atomic mass is 31.2. The first-order valence-corrected chi connectivity index (χ1v) is 51.7. The van der Waals surface area contributed by atoms with Gasteiger partial charge in [0.05, 0.1) is 26.4 Å². The molecule has 702 valence electrons. The summed E-state index contributed by atoms with van der Waals surface area (Å²) in [6.07, 6.45) is 128. The fourth-order valence-corrected chi connectivity index (χ4v) is 14.6. The molecule has 0 aliphatic heterocycles. The van der Waals surface area contributed by atoms with Gasteiger partial charge in [0.1, 0.15) is 25.4 Å². The van der Waals surface area contributed by atoms with E-state index in [1.165, 1.54) is 141 Å². The van der Waals surface area contributed by atoms with Crippen molar-refractivity contribution in [2.45, 2.75) is 411 Å². The summed E-state index contributed by atoms with van der Waals surface area (Å²) in [7, 11) is -9.82. The number of allylic oxidation sites excluding steroid dienone is 32. The van der Waals surface area contributed by atoms with Gasteiger partial charge in [-0.1, -0.05) is 401 Å². The molecule has 5 unspecified atom stereocenters. The van der Waals surface area contributed by atoms with E-state index in [-0.39, 0.29) is 19.3 Å². The number of esters is 3. The molecule has 16 nitrogen and oxygen atoms in total. The predicted molar refractivity (Wildman–Crippen MR) is 518 cm³/mol. The van der Waals surface area contributed by atoms with Gasteiger partial charge in [0.25, 0.3) is 0 Å². The van der Waals surface area contributed by atoms with Crippen molar-refractivity contribution in [1.29, 1.82) is 0 Å². The van der Waals surface area contributed by atoms with Crippen LogP contribution in [0.4, 0.5) is 0 Å². The molecule has 0 spiro atoms. The monoisotopic (exact) mass is 1760 g/mol. The number of hydrogen-bond acceptors (Lipinski definition) is 14. The van der Waals surface area contributed by atoms with Crippen LogP contribution in [0.25, 0.3) is 0 Å². The Morgan fingerprint density at radius 3 is 0.683 bits per heavy atom. The van der Waals surface area contributed by atoms with Gasteiger partial charge in [-0.15, -0.1) is 0 Å². The fourth-order valence-electron chi connectivity index (χ4n) is 13.0. The van der Waals surface area contributed by atoms with E-state index in [4.69, 9.17) is 32.3 Å². The van der Waals surface area contributed by atoms with Gasteiger partial charge >= 0.3 is 33.6 Å². The Kier molecular flexibility index (Phi) is 91.1.